The molecule has 0 fully saturated rings. The van der Waals surface area contributed by atoms with Crippen LogP contribution in [0.3, 0.4) is 0 Å². The van der Waals surface area contributed by atoms with Gasteiger partial charge in [-0.05, 0) is 45.0 Å². The Kier molecular flexibility index (Phi) is 4.09. The normalized spacial score (nSPS) is 11.7. The van der Waals surface area contributed by atoms with Crippen molar-refractivity contribution in [3.05, 3.63) is 53.3 Å². The molecule has 5 nitrogen and oxygen atoms in total. The minimum absolute atomic E-state index is 0.533. The SMILES string of the molecule is CC(C)(C)N(C(=O)O)c1ccc2nc(-c3ccc(Br)cc3)cn2c1. The molecular formula is C18H18BrN3O2. The van der Waals surface area contributed by atoms with E-state index in [4.69, 9.17) is 0 Å². The highest BCUT2D eigenvalue weighted by atomic mass is 79.9. The maximum absolute atomic E-state index is 11.6. The van der Waals surface area contributed by atoms with Crippen molar-refractivity contribution in [3.63, 3.8) is 0 Å². The van der Waals surface area contributed by atoms with Gasteiger partial charge >= 0.3 is 6.09 Å². The van der Waals surface area contributed by atoms with E-state index in [0.717, 1.165) is 21.4 Å². The minimum Gasteiger partial charge on any atom is -0.465 e. The Morgan fingerprint density at radius 3 is 2.38 bits per heavy atom. The predicted octanol–water partition coefficient (Wildman–Crippen LogP) is 5.05. The Morgan fingerprint density at radius 1 is 1.12 bits per heavy atom. The van der Waals surface area contributed by atoms with Crippen molar-refractivity contribution in [1.82, 2.24) is 9.38 Å². The number of aromatic nitrogens is 2. The molecule has 124 valence electrons. The van der Waals surface area contributed by atoms with E-state index in [9.17, 15) is 9.90 Å². The van der Waals surface area contributed by atoms with E-state index in [2.05, 4.69) is 20.9 Å². The summed E-state index contributed by atoms with van der Waals surface area (Å²) in [6.07, 6.45) is 2.73. The number of anilines is 1. The predicted molar refractivity (Wildman–Crippen MR) is 98.6 cm³/mol. The van der Waals surface area contributed by atoms with E-state index in [1.165, 1.54) is 4.90 Å². The minimum atomic E-state index is -0.977. The molecule has 0 bridgehead atoms. The van der Waals surface area contributed by atoms with Crippen molar-refractivity contribution in [2.75, 3.05) is 4.90 Å². The molecule has 1 amide bonds. The first kappa shape index (κ1) is 16.5. The fourth-order valence-corrected chi connectivity index (χ4v) is 2.92. The van der Waals surface area contributed by atoms with Crippen molar-refractivity contribution in [2.45, 2.75) is 26.3 Å². The van der Waals surface area contributed by atoms with E-state index in [0.29, 0.717) is 5.69 Å². The summed E-state index contributed by atoms with van der Waals surface area (Å²) >= 11 is 3.42. The molecule has 2 heterocycles. The average molecular weight is 388 g/mol. The summed E-state index contributed by atoms with van der Waals surface area (Å²) in [7, 11) is 0. The van der Waals surface area contributed by atoms with Gasteiger partial charge in [0.05, 0.1) is 11.4 Å². The number of rotatable bonds is 2. The molecule has 0 aliphatic carbocycles. The van der Waals surface area contributed by atoms with Crippen LogP contribution in [-0.2, 0) is 0 Å². The largest absolute Gasteiger partial charge is 0.465 e. The van der Waals surface area contributed by atoms with E-state index in [1.54, 1.807) is 12.3 Å². The highest BCUT2D eigenvalue weighted by Gasteiger charge is 2.28. The molecule has 2 aromatic heterocycles. The summed E-state index contributed by atoms with van der Waals surface area (Å²) in [5.74, 6) is 0. The molecule has 24 heavy (non-hydrogen) atoms. The zero-order valence-corrected chi connectivity index (χ0v) is 15.3. The van der Waals surface area contributed by atoms with Crippen LogP contribution in [0, 0.1) is 0 Å². The van der Waals surface area contributed by atoms with Crippen molar-refractivity contribution >= 4 is 33.4 Å². The van der Waals surface area contributed by atoms with Gasteiger partial charge < -0.3 is 9.51 Å². The first-order valence-corrected chi connectivity index (χ1v) is 8.33. The number of nitrogens with zero attached hydrogens (tertiary/aromatic N) is 3. The van der Waals surface area contributed by atoms with Gasteiger partial charge in [0.2, 0.25) is 0 Å². The number of hydrogen-bond donors (Lipinski definition) is 1. The van der Waals surface area contributed by atoms with Crippen LogP contribution in [-0.4, -0.2) is 26.1 Å². The fourth-order valence-electron chi connectivity index (χ4n) is 2.66. The van der Waals surface area contributed by atoms with Crippen molar-refractivity contribution in [2.24, 2.45) is 0 Å². The number of fused-ring (bicyclic) bond motifs is 1. The van der Waals surface area contributed by atoms with Crippen molar-refractivity contribution in [1.29, 1.82) is 0 Å². The van der Waals surface area contributed by atoms with Gasteiger partial charge in [0.25, 0.3) is 0 Å². The van der Waals surface area contributed by atoms with Gasteiger partial charge in [0, 0.05) is 28.0 Å². The lowest BCUT2D eigenvalue weighted by atomic mass is 10.1. The first-order chi connectivity index (χ1) is 11.3. The smallest absolute Gasteiger partial charge is 0.412 e. The standard InChI is InChI=1S/C18H18BrN3O2/c1-18(2,3)22(17(23)24)14-8-9-16-20-15(11-21(16)10-14)12-4-6-13(19)7-5-12/h4-11H,1-3H3,(H,23,24). The monoisotopic (exact) mass is 387 g/mol. The van der Waals surface area contributed by atoms with Crippen LogP contribution < -0.4 is 4.90 Å². The van der Waals surface area contributed by atoms with Gasteiger partial charge in [0.1, 0.15) is 5.65 Å². The van der Waals surface area contributed by atoms with Crippen molar-refractivity contribution in [3.8, 4) is 11.3 Å². The van der Waals surface area contributed by atoms with Crippen LogP contribution in [0.15, 0.2) is 53.3 Å². The Bertz CT molecular complexity index is 895. The molecule has 0 spiro atoms. The molecule has 0 aliphatic heterocycles. The molecule has 0 aliphatic rings. The number of imidazole rings is 1. The van der Waals surface area contributed by atoms with E-state index >= 15 is 0 Å². The molecule has 0 saturated heterocycles. The van der Waals surface area contributed by atoms with Gasteiger partial charge in [-0.1, -0.05) is 28.1 Å². The van der Waals surface area contributed by atoms with Gasteiger partial charge in [-0.2, -0.15) is 0 Å². The maximum Gasteiger partial charge on any atom is 0.412 e. The summed E-state index contributed by atoms with van der Waals surface area (Å²) in [5.41, 5.74) is 2.71. The Hall–Kier alpha value is -2.34. The molecule has 3 aromatic rings. The molecule has 0 saturated carbocycles. The number of carboxylic acid groups (broad SMARTS) is 1. The van der Waals surface area contributed by atoms with Crippen LogP contribution in [0.4, 0.5) is 10.5 Å². The highest BCUT2D eigenvalue weighted by Crippen LogP contribution is 2.26. The number of amides is 1. The lowest BCUT2D eigenvalue weighted by Crippen LogP contribution is -2.45. The van der Waals surface area contributed by atoms with Gasteiger partial charge in [0.15, 0.2) is 0 Å². The third-order valence-corrected chi connectivity index (χ3v) is 4.22. The summed E-state index contributed by atoms with van der Waals surface area (Å²) in [6.45, 7) is 5.60. The Morgan fingerprint density at radius 2 is 1.79 bits per heavy atom. The first-order valence-electron chi connectivity index (χ1n) is 7.53. The lowest BCUT2D eigenvalue weighted by Gasteiger charge is -2.33. The topological polar surface area (TPSA) is 57.8 Å². The third-order valence-electron chi connectivity index (χ3n) is 3.70. The number of hydrogen-bond acceptors (Lipinski definition) is 2. The number of benzene rings is 1. The fraction of sp³-hybridized carbons (Fsp3) is 0.222. The highest BCUT2D eigenvalue weighted by molar-refractivity contribution is 9.10. The summed E-state index contributed by atoms with van der Waals surface area (Å²) in [6, 6.07) is 11.5. The van der Waals surface area contributed by atoms with E-state index < -0.39 is 11.6 Å². The Labute approximate surface area is 148 Å². The molecule has 6 heteroatoms. The molecular weight excluding hydrogens is 370 g/mol. The van der Waals surface area contributed by atoms with E-state index in [1.807, 2.05) is 61.7 Å². The van der Waals surface area contributed by atoms with Crippen LogP contribution in [0.1, 0.15) is 20.8 Å². The molecule has 0 unspecified atom stereocenters. The third kappa shape index (κ3) is 3.14. The second-order valence-corrected chi connectivity index (χ2v) is 7.49. The number of carbonyl (C=O) groups is 1. The summed E-state index contributed by atoms with van der Waals surface area (Å²) < 4.78 is 2.87. The molecule has 1 N–H and O–H groups in total. The van der Waals surface area contributed by atoms with E-state index in [-0.39, 0.29) is 0 Å². The molecule has 3 rings (SSSR count). The van der Waals surface area contributed by atoms with Gasteiger partial charge in [-0.25, -0.2) is 9.78 Å². The van der Waals surface area contributed by atoms with Crippen molar-refractivity contribution < 1.29 is 9.90 Å². The lowest BCUT2D eigenvalue weighted by molar-refractivity contribution is 0.195. The molecule has 0 atom stereocenters. The number of halogens is 1. The second kappa shape index (κ2) is 5.94. The average Bonchev–Trinajstić information content (AvgIpc) is 2.89. The summed E-state index contributed by atoms with van der Waals surface area (Å²) in [5, 5.41) is 9.54. The zero-order valence-electron chi connectivity index (χ0n) is 13.7. The van der Waals surface area contributed by atoms with Crippen LogP contribution in [0.25, 0.3) is 16.9 Å². The van der Waals surface area contributed by atoms with Crippen LogP contribution in [0.5, 0.6) is 0 Å². The Balaban J connectivity index is 2.06. The summed E-state index contributed by atoms with van der Waals surface area (Å²) in [4.78, 5) is 17.6. The van der Waals surface area contributed by atoms with Crippen LogP contribution >= 0.6 is 15.9 Å². The maximum atomic E-state index is 11.6. The quantitative estimate of drug-likeness (QED) is 0.669. The van der Waals surface area contributed by atoms with Crippen LogP contribution in [0.2, 0.25) is 0 Å². The molecule has 0 radical (unpaired) electrons. The molecule has 1 aromatic carbocycles. The van der Waals surface area contributed by atoms with Gasteiger partial charge in [-0.3, -0.25) is 4.90 Å². The second-order valence-electron chi connectivity index (χ2n) is 6.57. The zero-order chi connectivity index (χ0) is 17.5. The van der Waals surface area contributed by atoms with Gasteiger partial charge in [-0.15, -0.1) is 0 Å². The number of pyridine rings is 1.